The Balaban J connectivity index is 2.04. The summed E-state index contributed by atoms with van der Waals surface area (Å²) in [6.45, 7) is 0. The van der Waals surface area contributed by atoms with Gasteiger partial charge < -0.3 is 5.73 Å². The summed E-state index contributed by atoms with van der Waals surface area (Å²) in [5.74, 6) is 0.121. The van der Waals surface area contributed by atoms with E-state index in [0.29, 0.717) is 0 Å². The molecule has 0 unspecified atom stereocenters. The molecule has 3 N–H and O–H groups in total. The van der Waals surface area contributed by atoms with Crippen LogP contribution in [0, 0.1) is 5.41 Å². The molecule has 3 heteroatoms. The van der Waals surface area contributed by atoms with Crippen LogP contribution in [0.4, 0.5) is 0 Å². The highest BCUT2D eigenvalue weighted by molar-refractivity contribution is 5.95. The summed E-state index contributed by atoms with van der Waals surface area (Å²) in [5, 5.41) is 7.40. The van der Waals surface area contributed by atoms with Crippen LogP contribution in [0.3, 0.4) is 0 Å². The van der Waals surface area contributed by atoms with Gasteiger partial charge in [-0.05, 0) is 42.2 Å². The minimum absolute atomic E-state index is 0.121. The highest BCUT2D eigenvalue weighted by Gasteiger charge is 1.99. The molecule has 1 heterocycles. The molecule has 0 fully saturated rings. The van der Waals surface area contributed by atoms with Crippen molar-refractivity contribution in [2.75, 3.05) is 0 Å². The standard InChI is InChI=1S/C14H15N3/c15-14(16)13-3-1-2-12(10-13)5-4-11-6-8-17-9-7-11/h1-3,6-10H,4-5H2,(H3,15,16). The lowest BCUT2D eigenvalue weighted by atomic mass is 10.0. The summed E-state index contributed by atoms with van der Waals surface area (Å²) >= 11 is 0. The molecule has 17 heavy (non-hydrogen) atoms. The number of rotatable bonds is 4. The van der Waals surface area contributed by atoms with E-state index in [9.17, 15) is 0 Å². The predicted octanol–water partition coefficient (Wildman–Crippen LogP) is 2.15. The topological polar surface area (TPSA) is 62.8 Å². The van der Waals surface area contributed by atoms with Crippen molar-refractivity contribution in [2.45, 2.75) is 12.8 Å². The summed E-state index contributed by atoms with van der Waals surface area (Å²) in [6.07, 6.45) is 5.54. The fourth-order valence-electron chi connectivity index (χ4n) is 1.73. The van der Waals surface area contributed by atoms with Crippen molar-refractivity contribution < 1.29 is 0 Å². The number of aromatic nitrogens is 1. The molecule has 3 nitrogen and oxygen atoms in total. The van der Waals surface area contributed by atoms with Crippen LogP contribution in [0.25, 0.3) is 0 Å². The van der Waals surface area contributed by atoms with Crippen LogP contribution in [0.2, 0.25) is 0 Å². The van der Waals surface area contributed by atoms with Crippen molar-refractivity contribution in [3.05, 3.63) is 65.5 Å². The highest BCUT2D eigenvalue weighted by atomic mass is 14.7. The first-order valence-corrected chi connectivity index (χ1v) is 5.58. The van der Waals surface area contributed by atoms with Gasteiger partial charge in [-0.3, -0.25) is 10.4 Å². The van der Waals surface area contributed by atoms with E-state index in [1.807, 2.05) is 30.3 Å². The van der Waals surface area contributed by atoms with Crippen LogP contribution in [0.15, 0.2) is 48.8 Å². The van der Waals surface area contributed by atoms with Gasteiger partial charge in [0, 0.05) is 18.0 Å². The average Bonchev–Trinajstić information content (AvgIpc) is 2.38. The molecule has 0 bridgehead atoms. The van der Waals surface area contributed by atoms with Crippen LogP contribution in [0.1, 0.15) is 16.7 Å². The van der Waals surface area contributed by atoms with E-state index in [1.165, 1.54) is 11.1 Å². The molecule has 0 aliphatic rings. The van der Waals surface area contributed by atoms with Gasteiger partial charge in [0.15, 0.2) is 0 Å². The van der Waals surface area contributed by atoms with Crippen molar-refractivity contribution in [1.29, 1.82) is 5.41 Å². The number of hydrogen-bond acceptors (Lipinski definition) is 2. The Morgan fingerprint density at radius 1 is 1.06 bits per heavy atom. The zero-order chi connectivity index (χ0) is 12.1. The summed E-state index contributed by atoms with van der Waals surface area (Å²) in [5.41, 5.74) is 8.73. The van der Waals surface area contributed by atoms with Gasteiger partial charge in [0.05, 0.1) is 0 Å². The Morgan fingerprint density at radius 3 is 2.47 bits per heavy atom. The molecular formula is C14H15N3. The molecular weight excluding hydrogens is 210 g/mol. The van der Waals surface area contributed by atoms with Gasteiger partial charge in [0.2, 0.25) is 0 Å². The SMILES string of the molecule is N=C(N)c1cccc(CCc2ccncc2)c1. The Kier molecular flexibility index (Phi) is 3.50. The lowest BCUT2D eigenvalue weighted by Gasteiger charge is -2.04. The quantitative estimate of drug-likeness (QED) is 0.618. The Labute approximate surface area is 101 Å². The molecule has 0 aliphatic heterocycles. The van der Waals surface area contributed by atoms with E-state index < -0.39 is 0 Å². The van der Waals surface area contributed by atoms with E-state index in [0.717, 1.165) is 18.4 Å². The lowest BCUT2D eigenvalue weighted by Crippen LogP contribution is -2.11. The maximum Gasteiger partial charge on any atom is 0.122 e. The molecule has 2 aromatic rings. The number of amidine groups is 1. The van der Waals surface area contributed by atoms with Crippen LogP contribution in [-0.4, -0.2) is 10.8 Å². The maximum absolute atomic E-state index is 7.40. The van der Waals surface area contributed by atoms with Crippen molar-refractivity contribution in [2.24, 2.45) is 5.73 Å². The van der Waals surface area contributed by atoms with E-state index in [4.69, 9.17) is 11.1 Å². The second-order valence-corrected chi connectivity index (χ2v) is 3.97. The number of benzene rings is 1. The number of nitrogens with two attached hydrogens (primary N) is 1. The molecule has 0 saturated carbocycles. The third-order valence-corrected chi connectivity index (χ3v) is 2.69. The van der Waals surface area contributed by atoms with E-state index >= 15 is 0 Å². The number of aryl methyl sites for hydroxylation is 2. The summed E-state index contributed by atoms with van der Waals surface area (Å²) in [7, 11) is 0. The summed E-state index contributed by atoms with van der Waals surface area (Å²) in [6, 6.07) is 11.9. The second-order valence-electron chi connectivity index (χ2n) is 3.97. The Bertz CT molecular complexity index is 506. The fourth-order valence-corrected chi connectivity index (χ4v) is 1.73. The molecule has 0 saturated heterocycles. The largest absolute Gasteiger partial charge is 0.384 e. The number of nitrogens with zero attached hydrogens (tertiary/aromatic N) is 1. The molecule has 0 atom stereocenters. The number of pyridine rings is 1. The highest BCUT2D eigenvalue weighted by Crippen LogP contribution is 2.09. The van der Waals surface area contributed by atoms with E-state index in [-0.39, 0.29) is 5.84 Å². The lowest BCUT2D eigenvalue weighted by molar-refractivity contribution is 0.955. The smallest absolute Gasteiger partial charge is 0.122 e. The van der Waals surface area contributed by atoms with Gasteiger partial charge in [0.1, 0.15) is 5.84 Å². The molecule has 1 aromatic heterocycles. The number of nitrogen functional groups attached to an aromatic ring is 1. The van der Waals surface area contributed by atoms with Gasteiger partial charge in [-0.25, -0.2) is 0 Å². The number of nitrogens with one attached hydrogen (secondary N) is 1. The first-order chi connectivity index (χ1) is 8.25. The maximum atomic E-state index is 7.40. The van der Waals surface area contributed by atoms with Crippen LogP contribution in [-0.2, 0) is 12.8 Å². The zero-order valence-corrected chi connectivity index (χ0v) is 9.56. The minimum Gasteiger partial charge on any atom is -0.384 e. The molecule has 86 valence electrons. The molecule has 1 aromatic carbocycles. The Hall–Kier alpha value is -2.16. The van der Waals surface area contributed by atoms with Crippen LogP contribution < -0.4 is 5.73 Å². The first-order valence-electron chi connectivity index (χ1n) is 5.58. The number of hydrogen-bond donors (Lipinski definition) is 2. The van der Waals surface area contributed by atoms with E-state index in [1.54, 1.807) is 12.4 Å². The van der Waals surface area contributed by atoms with Crippen LogP contribution in [0.5, 0.6) is 0 Å². The summed E-state index contributed by atoms with van der Waals surface area (Å²) in [4.78, 5) is 3.99. The third kappa shape index (κ3) is 3.14. The Morgan fingerprint density at radius 2 is 1.76 bits per heavy atom. The van der Waals surface area contributed by atoms with E-state index in [2.05, 4.69) is 11.1 Å². The average molecular weight is 225 g/mol. The molecule has 0 aliphatic carbocycles. The van der Waals surface area contributed by atoms with Gasteiger partial charge >= 0.3 is 0 Å². The molecule has 0 amide bonds. The zero-order valence-electron chi connectivity index (χ0n) is 9.56. The molecule has 0 spiro atoms. The van der Waals surface area contributed by atoms with Crippen LogP contribution >= 0.6 is 0 Å². The van der Waals surface area contributed by atoms with Crippen molar-refractivity contribution >= 4 is 5.84 Å². The normalized spacial score (nSPS) is 10.1. The van der Waals surface area contributed by atoms with Gasteiger partial charge in [-0.15, -0.1) is 0 Å². The monoisotopic (exact) mass is 225 g/mol. The van der Waals surface area contributed by atoms with Gasteiger partial charge in [-0.1, -0.05) is 18.2 Å². The first kappa shape index (κ1) is 11.3. The fraction of sp³-hybridized carbons (Fsp3) is 0.143. The van der Waals surface area contributed by atoms with Gasteiger partial charge in [-0.2, -0.15) is 0 Å². The third-order valence-electron chi connectivity index (χ3n) is 2.69. The van der Waals surface area contributed by atoms with Crippen molar-refractivity contribution in [3.8, 4) is 0 Å². The predicted molar refractivity (Wildman–Crippen MR) is 69.1 cm³/mol. The molecule has 2 rings (SSSR count). The van der Waals surface area contributed by atoms with Crippen molar-refractivity contribution in [3.63, 3.8) is 0 Å². The minimum atomic E-state index is 0.121. The molecule has 0 radical (unpaired) electrons. The van der Waals surface area contributed by atoms with Gasteiger partial charge in [0.25, 0.3) is 0 Å². The second kappa shape index (κ2) is 5.25. The summed E-state index contributed by atoms with van der Waals surface area (Å²) < 4.78 is 0. The van der Waals surface area contributed by atoms with Crippen molar-refractivity contribution in [1.82, 2.24) is 4.98 Å².